The fraction of sp³-hybridized carbons (Fsp3) is 0.577. The third-order valence-electron chi connectivity index (χ3n) is 6.44. The van der Waals surface area contributed by atoms with Crippen molar-refractivity contribution < 1.29 is 23.2 Å². The zero-order valence-electron chi connectivity index (χ0n) is 22.3. The van der Waals surface area contributed by atoms with Gasteiger partial charge in [-0.25, -0.2) is 4.39 Å². The van der Waals surface area contributed by atoms with Crippen LogP contribution in [0.2, 0.25) is 0 Å². The molecule has 1 aliphatic carbocycles. The molecule has 1 heterocycles. The third-order valence-corrected chi connectivity index (χ3v) is 7.23. The first kappa shape index (κ1) is 31.7. The van der Waals surface area contributed by atoms with Crippen LogP contribution in [-0.2, 0) is 4.79 Å². The van der Waals surface area contributed by atoms with Gasteiger partial charge in [0.15, 0.2) is 0 Å². The monoisotopic (exact) mass is 569 g/mol. The lowest BCUT2D eigenvalue weighted by atomic mass is 9.84. The summed E-state index contributed by atoms with van der Waals surface area (Å²) in [6.07, 6.45) is 4.41. The number of amides is 2. The van der Waals surface area contributed by atoms with Crippen molar-refractivity contribution in [1.29, 1.82) is 0 Å². The normalized spacial score (nSPS) is 15.6. The van der Waals surface area contributed by atoms with Crippen LogP contribution >= 0.6 is 24.2 Å². The lowest BCUT2D eigenvalue weighted by Crippen LogP contribution is -2.65. The second kappa shape index (κ2) is 14.6. The van der Waals surface area contributed by atoms with Crippen LogP contribution < -0.4 is 5.32 Å². The van der Waals surface area contributed by atoms with Crippen LogP contribution in [0.4, 0.5) is 4.39 Å². The van der Waals surface area contributed by atoms with Gasteiger partial charge in [-0.05, 0) is 70.3 Å². The molecule has 1 aromatic heterocycles. The van der Waals surface area contributed by atoms with Crippen molar-refractivity contribution in [2.75, 3.05) is 26.4 Å². The van der Waals surface area contributed by atoms with Crippen molar-refractivity contribution in [3.8, 4) is 0 Å². The number of nitrogens with zero attached hydrogens (tertiary/aromatic N) is 4. The Morgan fingerprint density at radius 1 is 1.21 bits per heavy atom. The highest BCUT2D eigenvalue weighted by molar-refractivity contribution is 7.99. The summed E-state index contributed by atoms with van der Waals surface area (Å²) in [6, 6.07) is 4.49. The summed E-state index contributed by atoms with van der Waals surface area (Å²) in [5, 5.41) is 11.3. The number of aromatic nitrogens is 2. The summed E-state index contributed by atoms with van der Waals surface area (Å²) < 4.78 is 19.5. The molecular formula is C26H37ClFN5O4S. The quantitative estimate of drug-likeness (QED) is 0.163. The SMILES string of the molecule is CC(C)CC(C(=O)c1nnc(SCCN(C)C)o1)N(C=O)C1(NC(=O)c2cccc(F)c2)CCCCC1.Cl. The predicted molar refractivity (Wildman–Crippen MR) is 146 cm³/mol. The minimum absolute atomic E-state index is 0. The maximum atomic E-state index is 13.8. The van der Waals surface area contributed by atoms with Crippen molar-refractivity contribution in [1.82, 2.24) is 25.3 Å². The van der Waals surface area contributed by atoms with Crippen molar-refractivity contribution in [2.45, 2.75) is 69.3 Å². The Labute approximate surface area is 233 Å². The predicted octanol–water partition coefficient (Wildman–Crippen LogP) is 4.43. The molecule has 0 bridgehead atoms. The Hall–Kier alpha value is -2.50. The van der Waals surface area contributed by atoms with Crippen molar-refractivity contribution in [3.63, 3.8) is 0 Å². The number of thioether (sulfide) groups is 1. The maximum Gasteiger partial charge on any atom is 0.286 e. The van der Waals surface area contributed by atoms with Crippen molar-refractivity contribution in [3.05, 3.63) is 41.5 Å². The minimum Gasteiger partial charge on any atom is -0.408 e. The van der Waals surface area contributed by atoms with Crippen molar-refractivity contribution >= 4 is 42.3 Å². The highest BCUT2D eigenvalue weighted by atomic mass is 35.5. The molecule has 12 heteroatoms. The van der Waals surface area contributed by atoms with Gasteiger partial charge in [0.25, 0.3) is 17.0 Å². The summed E-state index contributed by atoms with van der Waals surface area (Å²) in [4.78, 5) is 42.9. The molecule has 1 fully saturated rings. The zero-order chi connectivity index (χ0) is 27.0. The van der Waals surface area contributed by atoms with Gasteiger partial charge in [-0.3, -0.25) is 14.4 Å². The Kier molecular flexibility index (Phi) is 12.2. The number of hydrogen-bond donors (Lipinski definition) is 1. The number of hydrogen-bond acceptors (Lipinski definition) is 8. The molecule has 0 spiro atoms. The van der Waals surface area contributed by atoms with Gasteiger partial charge in [0.05, 0.1) is 0 Å². The van der Waals surface area contributed by atoms with Gasteiger partial charge in [0.1, 0.15) is 17.5 Å². The van der Waals surface area contributed by atoms with E-state index in [1.54, 1.807) is 0 Å². The molecule has 210 valence electrons. The molecule has 9 nitrogen and oxygen atoms in total. The molecular weight excluding hydrogens is 533 g/mol. The Balaban J connectivity index is 0.00000507. The van der Waals surface area contributed by atoms with Gasteiger partial charge >= 0.3 is 0 Å². The largest absolute Gasteiger partial charge is 0.408 e. The van der Waals surface area contributed by atoms with E-state index >= 15 is 0 Å². The molecule has 1 aliphatic rings. The first-order valence-electron chi connectivity index (χ1n) is 12.6. The fourth-order valence-corrected chi connectivity index (χ4v) is 5.46. The van der Waals surface area contributed by atoms with Crippen LogP contribution in [0.5, 0.6) is 0 Å². The van der Waals surface area contributed by atoms with E-state index in [0.29, 0.717) is 31.4 Å². The standard InChI is InChI=1S/C26H36FN5O4S.ClH/c1-18(2)15-21(22(34)24-29-30-25(36-24)37-14-13-31(3)4)32(17-33)26(11-6-5-7-12-26)28-23(35)19-9-8-10-20(27)16-19;/h8-10,16-18,21H,5-7,11-15H2,1-4H3,(H,28,35);1H. The number of nitrogens with one attached hydrogen (secondary N) is 1. The van der Waals surface area contributed by atoms with Crippen LogP contribution in [0.25, 0.3) is 0 Å². The van der Waals surface area contributed by atoms with E-state index < -0.39 is 29.2 Å². The number of Topliss-reactive ketones (excluding diaryl/α,β-unsaturated/α-hetero) is 1. The number of halogens is 2. The van der Waals surface area contributed by atoms with Gasteiger partial charge in [-0.2, -0.15) is 0 Å². The highest BCUT2D eigenvalue weighted by Gasteiger charge is 2.45. The molecule has 0 saturated heterocycles. The van der Waals surface area contributed by atoms with E-state index in [9.17, 15) is 18.8 Å². The lowest BCUT2D eigenvalue weighted by molar-refractivity contribution is -0.129. The topological polar surface area (TPSA) is 109 Å². The number of benzene rings is 1. The molecule has 3 rings (SSSR count). The lowest BCUT2D eigenvalue weighted by Gasteiger charge is -2.48. The molecule has 1 N–H and O–H groups in total. The van der Waals surface area contributed by atoms with Crippen LogP contribution in [0, 0.1) is 11.7 Å². The van der Waals surface area contributed by atoms with Crippen LogP contribution in [0.15, 0.2) is 33.9 Å². The maximum absolute atomic E-state index is 13.8. The van der Waals surface area contributed by atoms with Gasteiger partial charge in [0, 0.05) is 17.9 Å². The zero-order valence-corrected chi connectivity index (χ0v) is 23.9. The Morgan fingerprint density at radius 3 is 2.53 bits per heavy atom. The van der Waals surface area contributed by atoms with E-state index in [-0.39, 0.29) is 35.0 Å². The molecule has 38 heavy (non-hydrogen) atoms. The molecule has 0 radical (unpaired) electrons. The highest BCUT2D eigenvalue weighted by Crippen LogP contribution is 2.35. The van der Waals surface area contributed by atoms with Crippen molar-refractivity contribution in [2.24, 2.45) is 5.92 Å². The minimum atomic E-state index is -1.10. The first-order chi connectivity index (χ1) is 17.6. The van der Waals surface area contributed by atoms with Crippen LogP contribution in [0.1, 0.15) is 73.4 Å². The molecule has 2 aromatic rings. The summed E-state index contributed by atoms with van der Waals surface area (Å²) >= 11 is 1.36. The van der Waals surface area contributed by atoms with Gasteiger partial charge in [-0.1, -0.05) is 38.1 Å². The van der Waals surface area contributed by atoms with Crippen LogP contribution in [0.3, 0.4) is 0 Å². The molecule has 1 aromatic carbocycles. The van der Waals surface area contributed by atoms with E-state index in [1.165, 1.54) is 34.9 Å². The fourth-order valence-electron chi connectivity index (χ4n) is 4.59. The molecule has 2 amide bonds. The number of rotatable bonds is 13. The van der Waals surface area contributed by atoms with E-state index in [1.807, 2.05) is 32.8 Å². The second-order valence-corrected chi connectivity index (χ2v) is 11.2. The molecule has 1 saturated carbocycles. The first-order valence-corrected chi connectivity index (χ1v) is 13.6. The average molecular weight is 570 g/mol. The second-order valence-electron chi connectivity index (χ2n) is 10.1. The van der Waals surface area contributed by atoms with Gasteiger partial charge in [0.2, 0.25) is 12.2 Å². The summed E-state index contributed by atoms with van der Waals surface area (Å²) in [5.41, 5.74) is -0.944. The summed E-state index contributed by atoms with van der Waals surface area (Å²) in [6.45, 7) is 4.72. The molecule has 1 unspecified atom stereocenters. The number of carbonyl (C=O) groups excluding carboxylic acids is 3. The van der Waals surface area contributed by atoms with E-state index in [2.05, 4.69) is 15.5 Å². The summed E-state index contributed by atoms with van der Waals surface area (Å²) in [7, 11) is 3.92. The third kappa shape index (κ3) is 8.25. The van der Waals surface area contributed by atoms with Gasteiger partial charge in [-0.15, -0.1) is 22.6 Å². The van der Waals surface area contributed by atoms with E-state index in [0.717, 1.165) is 31.9 Å². The molecule has 0 aliphatic heterocycles. The van der Waals surface area contributed by atoms with Gasteiger partial charge < -0.3 is 19.5 Å². The number of ketones is 1. The molecule has 1 atom stereocenters. The Morgan fingerprint density at radius 2 is 1.92 bits per heavy atom. The number of carbonyl (C=O) groups is 3. The summed E-state index contributed by atoms with van der Waals surface area (Å²) in [5.74, 6) is -0.867. The Bertz CT molecular complexity index is 1080. The van der Waals surface area contributed by atoms with E-state index in [4.69, 9.17) is 4.42 Å². The van der Waals surface area contributed by atoms with Crippen LogP contribution in [-0.4, -0.2) is 76.2 Å². The smallest absolute Gasteiger partial charge is 0.286 e. The average Bonchev–Trinajstić information content (AvgIpc) is 3.32.